The van der Waals surface area contributed by atoms with E-state index in [9.17, 15) is 45.4 Å². The van der Waals surface area contributed by atoms with Crippen LogP contribution in [0.3, 0.4) is 0 Å². The molecule has 16 heteroatoms. The van der Waals surface area contributed by atoms with E-state index < -0.39 is 41.2 Å². The Hall–Kier alpha value is -3.95. The molecule has 0 spiro atoms. The molecule has 1 amide bonds. The molecule has 1 aliphatic heterocycles. The first-order chi connectivity index (χ1) is 25.0. The van der Waals surface area contributed by atoms with Crippen molar-refractivity contribution in [2.75, 3.05) is 32.8 Å². The molecule has 2 unspecified atom stereocenters. The van der Waals surface area contributed by atoms with E-state index in [1.54, 1.807) is 33.9 Å². The number of carbonyl (C=O) groups excluding carboxylic acids is 1. The molecule has 0 radical (unpaired) electrons. The zero-order valence-corrected chi connectivity index (χ0v) is 29.0. The predicted octanol–water partition coefficient (Wildman–Crippen LogP) is 7.84. The number of fused-ring (bicyclic) bond motifs is 3. The van der Waals surface area contributed by atoms with E-state index in [0.29, 0.717) is 28.5 Å². The Labute approximate surface area is 301 Å². The number of ether oxygens (including phenoxy) is 1. The van der Waals surface area contributed by atoms with Gasteiger partial charge in [-0.25, -0.2) is 27.5 Å². The van der Waals surface area contributed by atoms with Gasteiger partial charge in [0.15, 0.2) is 11.5 Å². The maximum atomic E-state index is 14.5. The second-order valence-corrected chi connectivity index (χ2v) is 15.5. The van der Waals surface area contributed by atoms with Crippen LogP contribution < -0.4 is 10.1 Å². The van der Waals surface area contributed by atoms with Crippen molar-refractivity contribution in [3.63, 3.8) is 0 Å². The second-order valence-electron chi connectivity index (χ2n) is 15.5. The molecule has 3 heterocycles. The number of carbonyl (C=O) groups is 2. The molecule has 3 aliphatic carbocycles. The Morgan fingerprint density at radius 2 is 1.64 bits per heavy atom. The summed E-state index contributed by atoms with van der Waals surface area (Å²) in [6.07, 6.45) is 1.22. The highest BCUT2D eigenvalue weighted by atomic mass is 19.4. The van der Waals surface area contributed by atoms with Crippen LogP contribution in [0.25, 0.3) is 22.3 Å². The normalized spacial score (nSPS) is 25.9. The van der Waals surface area contributed by atoms with Gasteiger partial charge in [0.1, 0.15) is 12.4 Å². The smallest absolute Gasteiger partial charge is 0.434 e. The lowest BCUT2D eigenvalue weighted by Crippen LogP contribution is -2.56. The number of aromatic nitrogens is 3. The minimum Gasteiger partial charge on any atom is -0.492 e. The SMILES string of the molecule is O=C(O)CC1CC2CC(CNC(=O)c3cnc(-c4cn(C5CCC(F)(F)CC5)c5cc(OCCN6CC(F)(F)C6)ccc45)nc3C(F)(F)F)CC(C1)C2. The number of halogens is 7. The number of benzene rings is 1. The number of alkyl halides is 7. The molecule has 2 N–H and O–H groups in total. The average Bonchev–Trinajstić information content (AvgIpc) is 3.44. The molecule has 4 aliphatic rings. The molecule has 1 aromatic carbocycles. The summed E-state index contributed by atoms with van der Waals surface area (Å²) >= 11 is 0. The molecular formula is C37H42F7N5O4. The Balaban J connectivity index is 1.10. The number of hydrogen-bond donors (Lipinski definition) is 2. The van der Waals surface area contributed by atoms with Crippen molar-refractivity contribution in [1.29, 1.82) is 0 Å². The number of nitrogens with one attached hydrogen (secondary N) is 1. The molecule has 288 valence electrons. The Morgan fingerprint density at radius 1 is 0.962 bits per heavy atom. The number of rotatable bonds is 11. The number of carboxylic acid groups (broad SMARTS) is 1. The van der Waals surface area contributed by atoms with Gasteiger partial charge in [-0.3, -0.25) is 14.5 Å². The molecule has 9 nitrogen and oxygen atoms in total. The van der Waals surface area contributed by atoms with Crippen LogP contribution in [0.15, 0.2) is 30.6 Å². The molecule has 7 rings (SSSR count). The zero-order valence-electron chi connectivity index (χ0n) is 29.0. The second kappa shape index (κ2) is 14.4. The quantitative estimate of drug-likeness (QED) is 0.192. The van der Waals surface area contributed by atoms with Gasteiger partial charge in [-0.2, -0.15) is 13.2 Å². The van der Waals surface area contributed by atoms with Gasteiger partial charge in [-0.05, 0) is 80.8 Å². The molecule has 1 saturated heterocycles. The summed E-state index contributed by atoms with van der Waals surface area (Å²) < 4.78 is 106. The van der Waals surface area contributed by atoms with Gasteiger partial charge in [-0.15, -0.1) is 0 Å². The van der Waals surface area contributed by atoms with Crippen molar-refractivity contribution in [2.24, 2.45) is 23.7 Å². The van der Waals surface area contributed by atoms with E-state index >= 15 is 0 Å². The molecule has 2 aromatic heterocycles. The molecule has 3 saturated carbocycles. The Morgan fingerprint density at radius 3 is 2.28 bits per heavy atom. The average molecular weight is 754 g/mol. The third-order valence-electron chi connectivity index (χ3n) is 11.4. The lowest BCUT2D eigenvalue weighted by molar-refractivity contribution is -0.141. The molecular weight excluding hydrogens is 711 g/mol. The largest absolute Gasteiger partial charge is 0.492 e. The van der Waals surface area contributed by atoms with Crippen LogP contribution in [0.4, 0.5) is 30.7 Å². The van der Waals surface area contributed by atoms with Crippen molar-refractivity contribution < 1.29 is 50.2 Å². The fourth-order valence-electron chi connectivity index (χ4n) is 9.10. The summed E-state index contributed by atoms with van der Waals surface area (Å²) in [5.41, 5.74) is -1.38. The first-order valence-electron chi connectivity index (χ1n) is 18.2. The first-order valence-corrected chi connectivity index (χ1v) is 18.2. The molecule has 3 aromatic rings. The first kappa shape index (κ1) is 37.4. The number of aliphatic carboxylic acids is 1. The van der Waals surface area contributed by atoms with E-state index in [2.05, 4.69) is 15.3 Å². The minimum absolute atomic E-state index is 0.0585. The Kier molecular flexibility index (Phi) is 10.1. The van der Waals surface area contributed by atoms with Crippen LogP contribution >= 0.6 is 0 Å². The van der Waals surface area contributed by atoms with Crippen LogP contribution in [0.2, 0.25) is 0 Å². The molecule has 53 heavy (non-hydrogen) atoms. The third-order valence-corrected chi connectivity index (χ3v) is 11.4. The van der Waals surface area contributed by atoms with Crippen LogP contribution in [0.5, 0.6) is 5.75 Å². The molecule has 2 bridgehead atoms. The summed E-state index contributed by atoms with van der Waals surface area (Å²) in [4.78, 5) is 34.1. The van der Waals surface area contributed by atoms with E-state index in [-0.39, 0.29) is 94.2 Å². The maximum Gasteiger partial charge on any atom is 0.434 e. The van der Waals surface area contributed by atoms with Crippen molar-refractivity contribution >= 4 is 22.8 Å². The van der Waals surface area contributed by atoms with Gasteiger partial charge in [0.2, 0.25) is 5.92 Å². The lowest BCUT2D eigenvalue weighted by atomic mass is 9.64. The summed E-state index contributed by atoms with van der Waals surface area (Å²) in [5.74, 6) is -6.39. The number of hydrogen-bond acceptors (Lipinski definition) is 6. The number of nitrogens with zero attached hydrogens (tertiary/aromatic N) is 4. The predicted molar refractivity (Wildman–Crippen MR) is 179 cm³/mol. The van der Waals surface area contributed by atoms with Gasteiger partial charge in [0.25, 0.3) is 11.8 Å². The van der Waals surface area contributed by atoms with Gasteiger partial charge in [0, 0.05) is 67.8 Å². The summed E-state index contributed by atoms with van der Waals surface area (Å²) in [6.45, 7) is -0.150. The van der Waals surface area contributed by atoms with E-state index in [1.807, 2.05) is 0 Å². The fourth-order valence-corrected chi connectivity index (χ4v) is 9.10. The molecule has 4 fully saturated rings. The van der Waals surface area contributed by atoms with Crippen LogP contribution in [0, 0.1) is 23.7 Å². The van der Waals surface area contributed by atoms with Crippen molar-refractivity contribution in [1.82, 2.24) is 24.8 Å². The zero-order chi connectivity index (χ0) is 37.7. The highest BCUT2D eigenvalue weighted by molar-refractivity contribution is 5.97. The number of amides is 1. The third kappa shape index (κ3) is 8.57. The maximum absolute atomic E-state index is 14.5. The van der Waals surface area contributed by atoms with Crippen molar-refractivity contribution in [2.45, 2.75) is 88.3 Å². The molecule has 2 atom stereocenters. The van der Waals surface area contributed by atoms with Gasteiger partial charge in [0.05, 0.1) is 24.2 Å². The van der Waals surface area contributed by atoms with E-state index in [4.69, 9.17) is 4.74 Å². The van der Waals surface area contributed by atoms with Crippen molar-refractivity contribution in [3.05, 3.63) is 41.9 Å². The minimum atomic E-state index is -5.00. The topological polar surface area (TPSA) is 110 Å². The van der Waals surface area contributed by atoms with Crippen LogP contribution in [0.1, 0.15) is 86.3 Å². The van der Waals surface area contributed by atoms with Gasteiger partial charge in [-0.1, -0.05) is 0 Å². The summed E-state index contributed by atoms with van der Waals surface area (Å²) in [5, 5.41) is 12.3. The van der Waals surface area contributed by atoms with E-state index in [1.165, 1.54) is 0 Å². The standard InChI is InChI=1S/C37H42F7N5O4/c38-35(39)5-3-25(4-6-35)49-18-29(27-2-1-26(15-30(27)49)53-8-7-48-19-36(40,41)20-48)33-45-17-28(32(47-33)37(42,43)44)34(52)46-16-24-12-21-9-22(13-24)11-23(10-21)14-31(50)51/h1-2,15,17-18,21-25H,3-14,16,19-20H2,(H,46,52)(H,50,51). The van der Waals surface area contributed by atoms with Gasteiger partial charge < -0.3 is 19.7 Å². The fraction of sp³-hybridized carbons (Fsp3) is 0.622. The monoisotopic (exact) mass is 753 g/mol. The lowest BCUT2D eigenvalue weighted by Gasteiger charge is -2.42. The summed E-state index contributed by atoms with van der Waals surface area (Å²) in [6, 6.07) is 4.47. The highest BCUT2D eigenvalue weighted by Crippen LogP contribution is 2.46. The highest BCUT2D eigenvalue weighted by Gasteiger charge is 2.44. The van der Waals surface area contributed by atoms with Gasteiger partial charge >= 0.3 is 12.1 Å². The van der Waals surface area contributed by atoms with Crippen LogP contribution in [-0.2, 0) is 11.0 Å². The van der Waals surface area contributed by atoms with Crippen LogP contribution in [-0.4, -0.2) is 81.0 Å². The summed E-state index contributed by atoms with van der Waals surface area (Å²) in [7, 11) is 0. The number of likely N-dealkylation sites (tertiary alicyclic amines) is 1. The number of carboxylic acids is 1. The van der Waals surface area contributed by atoms with Crippen molar-refractivity contribution in [3.8, 4) is 17.1 Å². The van der Waals surface area contributed by atoms with E-state index in [0.717, 1.165) is 38.3 Å². The Bertz CT molecular complexity index is 1820.